The van der Waals surface area contributed by atoms with Crippen molar-refractivity contribution in [3.05, 3.63) is 53.6 Å². The third-order valence-corrected chi connectivity index (χ3v) is 7.10. The van der Waals surface area contributed by atoms with Gasteiger partial charge in [-0.15, -0.1) is 0 Å². The van der Waals surface area contributed by atoms with Crippen molar-refractivity contribution in [3.63, 3.8) is 0 Å². The number of anilines is 1. The molecule has 0 spiro atoms. The molecule has 0 radical (unpaired) electrons. The normalized spacial score (nSPS) is 16.1. The minimum Gasteiger partial charge on any atom is -0.507 e. The molecule has 3 heterocycles. The van der Waals surface area contributed by atoms with Gasteiger partial charge >= 0.3 is 0 Å². The van der Waals surface area contributed by atoms with Gasteiger partial charge in [0.05, 0.1) is 30.0 Å². The second-order valence-corrected chi connectivity index (χ2v) is 10.1. The lowest BCUT2D eigenvalue weighted by Crippen LogP contribution is -2.36. The van der Waals surface area contributed by atoms with Gasteiger partial charge in [-0.2, -0.15) is 0 Å². The van der Waals surface area contributed by atoms with Crippen LogP contribution in [-0.2, 0) is 4.74 Å². The van der Waals surface area contributed by atoms with Crippen LogP contribution in [0.3, 0.4) is 0 Å². The standard InChI is InChI=1S/C28H29FN4O4/c1-15(2)20-14-30-22-13-24(34)19(12-18(20)22)27-25(26(32-37-27)28(35)31-17-4-5-17)16-3-6-23(21(29)11-16)33-7-9-36-10-8-33/h3,6,11-15,17,30,34H,4-5,7-10H2,1-2H3,(H,31,35). The fourth-order valence-corrected chi connectivity index (χ4v) is 4.94. The first-order chi connectivity index (χ1) is 17.9. The smallest absolute Gasteiger partial charge is 0.274 e. The fraction of sp³-hybridized carbons (Fsp3) is 0.357. The minimum atomic E-state index is -0.410. The lowest BCUT2D eigenvalue weighted by molar-refractivity contribution is 0.0942. The number of nitrogens with zero attached hydrogens (tertiary/aromatic N) is 2. The average Bonchev–Trinajstić information content (AvgIpc) is 3.43. The Balaban J connectivity index is 1.49. The van der Waals surface area contributed by atoms with Crippen LogP contribution in [0, 0.1) is 5.82 Å². The van der Waals surface area contributed by atoms with Crippen LogP contribution in [0.5, 0.6) is 5.75 Å². The third kappa shape index (κ3) is 4.33. The highest BCUT2D eigenvalue weighted by Gasteiger charge is 2.31. The van der Waals surface area contributed by atoms with E-state index in [-0.39, 0.29) is 35.1 Å². The topological polar surface area (TPSA) is 104 Å². The highest BCUT2D eigenvalue weighted by Crippen LogP contribution is 2.43. The molecule has 1 aliphatic heterocycles. The summed E-state index contributed by atoms with van der Waals surface area (Å²) in [5.41, 5.74) is 3.61. The van der Waals surface area contributed by atoms with E-state index in [9.17, 15) is 9.90 Å². The molecule has 2 aromatic carbocycles. The van der Waals surface area contributed by atoms with Gasteiger partial charge in [0.15, 0.2) is 11.5 Å². The van der Waals surface area contributed by atoms with Crippen LogP contribution < -0.4 is 10.2 Å². The third-order valence-electron chi connectivity index (χ3n) is 7.10. The summed E-state index contributed by atoms with van der Waals surface area (Å²) in [5.74, 6) is -0.346. The Morgan fingerprint density at radius 2 is 2.00 bits per heavy atom. The van der Waals surface area contributed by atoms with Gasteiger partial charge in [-0.25, -0.2) is 4.39 Å². The number of nitrogens with one attached hydrogen (secondary N) is 2. The van der Waals surface area contributed by atoms with Gasteiger partial charge in [0, 0.05) is 42.3 Å². The van der Waals surface area contributed by atoms with Crippen LogP contribution in [0.2, 0.25) is 0 Å². The van der Waals surface area contributed by atoms with Gasteiger partial charge in [-0.1, -0.05) is 25.1 Å². The number of hydrogen-bond acceptors (Lipinski definition) is 6. The summed E-state index contributed by atoms with van der Waals surface area (Å²) in [4.78, 5) is 18.3. The molecule has 8 nitrogen and oxygen atoms in total. The van der Waals surface area contributed by atoms with Gasteiger partial charge in [0.1, 0.15) is 11.6 Å². The van der Waals surface area contributed by atoms with E-state index in [1.54, 1.807) is 18.2 Å². The Morgan fingerprint density at radius 1 is 1.22 bits per heavy atom. The molecular formula is C28H29FN4O4. The lowest BCUT2D eigenvalue weighted by Gasteiger charge is -2.29. The van der Waals surface area contributed by atoms with E-state index >= 15 is 4.39 Å². The first-order valence-corrected chi connectivity index (χ1v) is 12.7. The molecule has 192 valence electrons. The molecule has 1 saturated carbocycles. The second-order valence-electron chi connectivity index (χ2n) is 10.1. The van der Waals surface area contributed by atoms with Crippen molar-refractivity contribution < 1.29 is 23.6 Å². The number of rotatable bonds is 6. The number of fused-ring (bicyclic) bond motifs is 1. The summed E-state index contributed by atoms with van der Waals surface area (Å²) in [6.45, 7) is 6.48. The molecule has 0 atom stereocenters. The largest absolute Gasteiger partial charge is 0.507 e. The van der Waals surface area contributed by atoms with Crippen molar-refractivity contribution >= 4 is 22.5 Å². The summed E-state index contributed by atoms with van der Waals surface area (Å²) in [5, 5.41) is 18.9. The number of halogens is 1. The Labute approximate surface area is 213 Å². The van der Waals surface area contributed by atoms with Crippen LogP contribution in [0.4, 0.5) is 10.1 Å². The quantitative estimate of drug-likeness (QED) is 0.334. The molecule has 1 aliphatic carbocycles. The zero-order chi connectivity index (χ0) is 25.7. The fourth-order valence-electron chi connectivity index (χ4n) is 4.94. The van der Waals surface area contributed by atoms with Gasteiger partial charge < -0.3 is 29.6 Å². The van der Waals surface area contributed by atoms with E-state index in [0.29, 0.717) is 48.7 Å². The van der Waals surface area contributed by atoms with E-state index in [1.165, 1.54) is 6.07 Å². The molecule has 2 aliphatic rings. The van der Waals surface area contributed by atoms with Crippen LogP contribution in [0.25, 0.3) is 33.4 Å². The van der Waals surface area contributed by atoms with E-state index in [4.69, 9.17) is 9.26 Å². The molecule has 2 aromatic heterocycles. The van der Waals surface area contributed by atoms with Gasteiger partial charge in [-0.05, 0) is 48.1 Å². The SMILES string of the molecule is CC(C)c1c[nH]c2cc(O)c(-c3onc(C(=O)NC4CC4)c3-c3ccc(N4CCOCC4)c(F)c3)cc12. The Morgan fingerprint density at radius 3 is 2.70 bits per heavy atom. The molecule has 1 saturated heterocycles. The number of benzene rings is 2. The zero-order valence-corrected chi connectivity index (χ0v) is 20.8. The molecule has 0 bridgehead atoms. The minimum absolute atomic E-state index is 0.0263. The molecular weight excluding hydrogens is 475 g/mol. The number of carbonyl (C=O) groups excluding carboxylic acids is 1. The Hall–Kier alpha value is -3.85. The molecule has 6 rings (SSSR count). The van der Waals surface area contributed by atoms with Crippen molar-refractivity contribution in [2.24, 2.45) is 0 Å². The molecule has 0 unspecified atom stereocenters. The number of hydrogen-bond donors (Lipinski definition) is 3. The lowest BCUT2D eigenvalue weighted by atomic mass is 9.95. The number of H-pyrrole nitrogens is 1. The van der Waals surface area contributed by atoms with Crippen molar-refractivity contribution in [2.45, 2.75) is 38.6 Å². The maximum absolute atomic E-state index is 15.4. The van der Waals surface area contributed by atoms with E-state index in [0.717, 1.165) is 29.3 Å². The average molecular weight is 505 g/mol. The summed E-state index contributed by atoms with van der Waals surface area (Å²) in [6, 6.07) is 8.46. The van der Waals surface area contributed by atoms with Gasteiger partial charge in [-0.3, -0.25) is 4.79 Å². The van der Waals surface area contributed by atoms with Crippen molar-refractivity contribution in [2.75, 3.05) is 31.2 Å². The summed E-state index contributed by atoms with van der Waals surface area (Å²) < 4.78 is 26.5. The maximum atomic E-state index is 15.4. The van der Waals surface area contributed by atoms with E-state index in [2.05, 4.69) is 29.3 Å². The number of amides is 1. The van der Waals surface area contributed by atoms with Crippen LogP contribution in [0.1, 0.15) is 48.7 Å². The number of aromatic hydroxyl groups is 1. The molecule has 3 N–H and O–H groups in total. The second kappa shape index (κ2) is 9.23. The van der Waals surface area contributed by atoms with Crippen molar-refractivity contribution in [1.82, 2.24) is 15.5 Å². The molecule has 37 heavy (non-hydrogen) atoms. The van der Waals surface area contributed by atoms with Gasteiger partial charge in [0.2, 0.25) is 0 Å². The Bertz CT molecular complexity index is 1480. The van der Waals surface area contributed by atoms with E-state index < -0.39 is 5.82 Å². The zero-order valence-electron chi connectivity index (χ0n) is 20.8. The predicted octanol–water partition coefficient (Wildman–Crippen LogP) is 5.19. The first-order valence-electron chi connectivity index (χ1n) is 12.7. The first kappa shape index (κ1) is 23.5. The molecule has 1 amide bonds. The summed E-state index contributed by atoms with van der Waals surface area (Å²) >= 11 is 0. The maximum Gasteiger partial charge on any atom is 0.274 e. The number of carbonyl (C=O) groups is 1. The molecule has 2 fully saturated rings. The predicted molar refractivity (Wildman–Crippen MR) is 138 cm³/mol. The van der Waals surface area contributed by atoms with Crippen molar-refractivity contribution in [1.29, 1.82) is 0 Å². The highest BCUT2D eigenvalue weighted by molar-refractivity contribution is 6.04. The highest BCUT2D eigenvalue weighted by atomic mass is 19.1. The number of aromatic amines is 1. The van der Waals surface area contributed by atoms with Crippen LogP contribution in [-0.4, -0.2) is 53.5 Å². The molecule has 9 heteroatoms. The number of phenols is 1. The number of ether oxygens (including phenoxy) is 1. The van der Waals surface area contributed by atoms with E-state index in [1.807, 2.05) is 17.2 Å². The monoisotopic (exact) mass is 504 g/mol. The van der Waals surface area contributed by atoms with Gasteiger partial charge in [0.25, 0.3) is 5.91 Å². The number of morpholine rings is 1. The number of phenolic OH excluding ortho intramolecular Hbond substituents is 1. The van der Waals surface area contributed by atoms with Crippen molar-refractivity contribution in [3.8, 4) is 28.2 Å². The molecule has 4 aromatic rings. The summed E-state index contributed by atoms with van der Waals surface area (Å²) in [7, 11) is 0. The van der Waals surface area contributed by atoms with Crippen LogP contribution >= 0.6 is 0 Å². The summed E-state index contributed by atoms with van der Waals surface area (Å²) in [6.07, 6.45) is 3.75. The van der Waals surface area contributed by atoms with Crippen LogP contribution in [0.15, 0.2) is 41.1 Å². The number of aromatic nitrogens is 2. The Kier molecular flexibility index (Phi) is 5.87.